The van der Waals surface area contributed by atoms with E-state index in [2.05, 4.69) is 43.1 Å². The van der Waals surface area contributed by atoms with Crippen molar-refractivity contribution in [2.45, 2.75) is 148 Å². The standard InChI is InChI=1S/C33H63NO2/c1-3-5-7-9-11-12-13-14-15-16-17-18-19-20-22-26-30-36-33(31-34-27-23-24-28-34)32-35-29-25-21-10-8-6-4-2/h11-12,14-15,33H,3-10,13,16-32H2,1-2H3/b12-11-,15-14-/t33-/m1/s1. The summed E-state index contributed by atoms with van der Waals surface area (Å²) < 4.78 is 12.3. The van der Waals surface area contributed by atoms with E-state index in [0.29, 0.717) is 0 Å². The fourth-order valence-corrected chi connectivity index (χ4v) is 4.95. The predicted molar refractivity (Wildman–Crippen MR) is 159 cm³/mol. The van der Waals surface area contributed by atoms with E-state index in [4.69, 9.17) is 9.47 Å². The molecule has 3 heteroatoms. The molecule has 1 aliphatic heterocycles. The van der Waals surface area contributed by atoms with Crippen LogP contribution in [0.4, 0.5) is 0 Å². The predicted octanol–water partition coefficient (Wildman–Crippen LogP) is 9.66. The summed E-state index contributed by atoms with van der Waals surface area (Å²) in [5, 5.41) is 0. The Bertz CT molecular complexity index is 484. The van der Waals surface area contributed by atoms with Crippen molar-refractivity contribution in [2.24, 2.45) is 0 Å². The van der Waals surface area contributed by atoms with Crippen molar-refractivity contribution in [2.75, 3.05) is 39.5 Å². The van der Waals surface area contributed by atoms with Gasteiger partial charge in [-0.1, -0.05) is 109 Å². The Labute approximate surface area is 226 Å². The van der Waals surface area contributed by atoms with Crippen LogP contribution in [0.2, 0.25) is 0 Å². The molecular weight excluding hydrogens is 442 g/mol. The van der Waals surface area contributed by atoms with E-state index in [0.717, 1.165) is 32.8 Å². The molecule has 0 aromatic rings. The minimum Gasteiger partial charge on any atom is -0.379 e. The molecule has 212 valence electrons. The van der Waals surface area contributed by atoms with Gasteiger partial charge in [0.15, 0.2) is 0 Å². The molecule has 36 heavy (non-hydrogen) atoms. The van der Waals surface area contributed by atoms with Gasteiger partial charge in [-0.15, -0.1) is 0 Å². The monoisotopic (exact) mass is 505 g/mol. The molecule has 0 unspecified atom stereocenters. The zero-order valence-electron chi connectivity index (χ0n) is 24.5. The SMILES string of the molecule is CCCCC/C=C\C/C=C\CCCCCCCCO[C@@H](COCCCCCCCC)CN1CCCC1. The van der Waals surface area contributed by atoms with Crippen LogP contribution < -0.4 is 0 Å². The number of hydrogen-bond acceptors (Lipinski definition) is 3. The van der Waals surface area contributed by atoms with Crippen LogP contribution in [-0.4, -0.2) is 50.5 Å². The van der Waals surface area contributed by atoms with Crippen molar-refractivity contribution < 1.29 is 9.47 Å². The van der Waals surface area contributed by atoms with Crippen molar-refractivity contribution >= 4 is 0 Å². The van der Waals surface area contributed by atoms with Gasteiger partial charge in [-0.3, -0.25) is 0 Å². The van der Waals surface area contributed by atoms with Gasteiger partial charge in [-0.05, 0) is 70.9 Å². The lowest BCUT2D eigenvalue weighted by Crippen LogP contribution is -2.35. The van der Waals surface area contributed by atoms with E-state index in [1.165, 1.54) is 135 Å². The van der Waals surface area contributed by atoms with Gasteiger partial charge in [0.05, 0.1) is 12.7 Å². The van der Waals surface area contributed by atoms with Crippen LogP contribution in [-0.2, 0) is 9.47 Å². The van der Waals surface area contributed by atoms with Crippen molar-refractivity contribution in [3.05, 3.63) is 24.3 Å². The molecule has 1 aliphatic rings. The van der Waals surface area contributed by atoms with Crippen LogP contribution >= 0.6 is 0 Å². The molecule has 1 fully saturated rings. The van der Waals surface area contributed by atoms with E-state index in [-0.39, 0.29) is 6.10 Å². The Kier molecular flexibility index (Phi) is 25.4. The second kappa shape index (κ2) is 27.4. The second-order valence-corrected chi connectivity index (χ2v) is 10.9. The summed E-state index contributed by atoms with van der Waals surface area (Å²) in [6, 6.07) is 0. The molecule has 1 rings (SSSR count). The first kappa shape index (κ1) is 33.4. The smallest absolute Gasteiger partial charge is 0.0934 e. The Balaban J connectivity index is 1.98. The lowest BCUT2D eigenvalue weighted by molar-refractivity contribution is -0.0316. The quantitative estimate of drug-likeness (QED) is 0.0819. The number of allylic oxidation sites excluding steroid dienone is 4. The second-order valence-electron chi connectivity index (χ2n) is 10.9. The molecule has 3 nitrogen and oxygen atoms in total. The zero-order valence-corrected chi connectivity index (χ0v) is 24.5. The first-order chi connectivity index (χ1) is 17.9. The number of rotatable bonds is 27. The van der Waals surface area contributed by atoms with Gasteiger partial charge < -0.3 is 14.4 Å². The topological polar surface area (TPSA) is 21.7 Å². The molecule has 0 N–H and O–H groups in total. The zero-order chi connectivity index (χ0) is 25.8. The Morgan fingerprint density at radius 2 is 1.14 bits per heavy atom. The summed E-state index contributed by atoms with van der Waals surface area (Å²) in [6.07, 6.45) is 35.8. The highest BCUT2D eigenvalue weighted by atomic mass is 16.5. The third-order valence-corrected chi connectivity index (χ3v) is 7.31. The maximum atomic E-state index is 6.30. The third-order valence-electron chi connectivity index (χ3n) is 7.31. The summed E-state index contributed by atoms with van der Waals surface area (Å²) >= 11 is 0. The molecule has 0 saturated carbocycles. The fraction of sp³-hybridized carbons (Fsp3) is 0.879. The number of nitrogens with zero attached hydrogens (tertiary/aromatic N) is 1. The van der Waals surface area contributed by atoms with Crippen LogP contribution in [0.25, 0.3) is 0 Å². The van der Waals surface area contributed by atoms with Crippen molar-refractivity contribution in [1.82, 2.24) is 4.90 Å². The maximum Gasteiger partial charge on any atom is 0.0934 e. The average molecular weight is 506 g/mol. The Hall–Kier alpha value is -0.640. The molecule has 0 amide bonds. The molecule has 0 aliphatic carbocycles. The summed E-state index contributed by atoms with van der Waals surface area (Å²) in [7, 11) is 0. The largest absolute Gasteiger partial charge is 0.379 e. The van der Waals surface area contributed by atoms with Gasteiger partial charge in [-0.2, -0.15) is 0 Å². The lowest BCUT2D eigenvalue weighted by Gasteiger charge is -2.24. The minimum absolute atomic E-state index is 0.251. The third kappa shape index (κ3) is 22.5. The minimum atomic E-state index is 0.251. The fourth-order valence-electron chi connectivity index (χ4n) is 4.95. The van der Waals surface area contributed by atoms with Crippen LogP contribution in [0, 0.1) is 0 Å². The van der Waals surface area contributed by atoms with Gasteiger partial charge in [0.1, 0.15) is 0 Å². The van der Waals surface area contributed by atoms with Gasteiger partial charge in [0, 0.05) is 19.8 Å². The molecule has 1 saturated heterocycles. The average Bonchev–Trinajstić information content (AvgIpc) is 3.40. The molecule has 1 atom stereocenters. The van der Waals surface area contributed by atoms with Crippen LogP contribution in [0.15, 0.2) is 24.3 Å². The van der Waals surface area contributed by atoms with Crippen LogP contribution in [0.1, 0.15) is 142 Å². The Morgan fingerprint density at radius 3 is 1.81 bits per heavy atom. The summed E-state index contributed by atoms with van der Waals surface area (Å²) in [6.45, 7) is 10.6. The number of likely N-dealkylation sites (tertiary alicyclic amines) is 1. The highest BCUT2D eigenvalue weighted by molar-refractivity contribution is 4.92. The summed E-state index contributed by atoms with van der Waals surface area (Å²) in [5.74, 6) is 0. The Morgan fingerprint density at radius 1 is 0.611 bits per heavy atom. The number of hydrogen-bond donors (Lipinski definition) is 0. The lowest BCUT2D eigenvalue weighted by atomic mass is 10.1. The highest BCUT2D eigenvalue weighted by Crippen LogP contribution is 2.12. The summed E-state index contributed by atoms with van der Waals surface area (Å²) in [5.41, 5.74) is 0. The van der Waals surface area contributed by atoms with E-state index < -0.39 is 0 Å². The van der Waals surface area contributed by atoms with Crippen LogP contribution in [0.3, 0.4) is 0 Å². The van der Waals surface area contributed by atoms with E-state index in [1.807, 2.05) is 0 Å². The molecule has 0 radical (unpaired) electrons. The van der Waals surface area contributed by atoms with Gasteiger partial charge in [0.2, 0.25) is 0 Å². The van der Waals surface area contributed by atoms with Crippen molar-refractivity contribution in [3.63, 3.8) is 0 Å². The maximum absolute atomic E-state index is 6.30. The van der Waals surface area contributed by atoms with Gasteiger partial charge in [-0.25, -0.2) is 0 Å². The highest BCUT2D eigenvalue weighted by Gasteiger charge is 2.18. The first-order valence-corrected chi connectivity index (χ1v) is 16.1. The van der Waals surface area contributed by atoms with E-state index >= 15 is 0 Å². The summed E-state index contributed by atoms with van der Waals surface area (Å²) in [4.78, 5) is 2.57. The van der Waals surface area contributed by atoms with Gasteiger partial charge >= 0.3 is 0 Å². The van der Waals surface area contributed by atoms with Crippen molar-refractivity contribution in [1.29, 1.82) is 0 Å². The van der Waals surface area contributed by atoms with E-state index in [1.54, 1.807) is 0 Å². The molecule has 0 aromatic heterocycles. The van der Waals surface area contributed by atoms with Crippen LogP contribution in [0.5, 0.6) is 0 Å². The molecular formula is C33H63NO2. The molecule has 0 spiro atoms. The molecule has 0 bridgehead atoms. The van der Waals surface area contributed by atoms with Crippen molar-refractivity contribution in [3.8, 4) is 0 Å². The van der Waals surface area contributed by atoms with E-state index in [9.17, 15) is 0 Å². The number of ether oxygens (including phenoxy) is 2. The number of unbranched alkanes of at least 4 members (excludes halogenated alkanes) is 14. The van der Waals surface area contributed by atoms with Gasteiger partial charge in [0.25, 0.3) is 0 Å². The normalized spacial score (nSPS) is 15.6. The molecule has 1 heterocycles. The molecule has 0 aromatic carbocycles. The first-order valence-electron chi connectivity index (χ1n) is 16.1.